The fourth-order valence-corrected chi connectivity index (χ4v) is 5.18. The van der Waals surface area contributed by atoms with E-state index < -0.39 is 5.60 Å². The van der Waals surface area contributed by atoms with Crippen molar-refractivity contribution in [3.8, 4) is 0 Å². The third kappa shape index (κ3) is 2.78. The highest BCUT2D eigenvalue weighted by Crippen LogP contribution is 2.48. The highest BCUT2D eigenvalue weighted by atomic mass is 32.1. The van der Waals surface area contributed by atoms with Gasteiger partial charge in [-0.3, -0.25) is 4.79 Å². The van der Waals surface area contributed by atoms with Crippen molar-refractivity contribution < 1.29 is 9.90 Å². The van der Waals surface area contributed by atoms with Gasteiger partial charge in [-0.25, -0.2) is 0 Å². The molecule has 0 bridgehead atoms. The lowest BCUT2D eigenvalue weighted by atomic mass is 9.67. The minimum atomic E-state index is -0.790. The second kappa shape index (κ2) is 6.34. The number of fused-ring (bicyclic) bond motifs is 1. The first-order chi connectivity index (χ1) is 11.7. The molecular formula is C20H23NO2S. The maximum Gasteiger partial charge on any atom is 0.227 e. The normalized spacial score (nSPS) is 29.5. The molecule has 2 fully saturated rings. The molecule has 1 saturated carbocycles. The molecule has 0 unspecified atom stereocenters. The van der Waals surface area contributed by atoms with Crippen LogP contribution >= 0.6 is 11.3 Å². The number of rotatable bonds is 3. The molecule has 0 radical (unpaired) electrons. The summed E-state index contributed by atoms with van der Waals surface area (Å²) in [6, 6.07) is 14.0. The second-order valence-corrected chi connectivity index (χ2v) is 8.14. The zero-order valence-electron chi connectivity index (χ0n) is 13.7. The smallest absolute Gasteiger partial charge is 0.227 e. The number of amides is 1. The van der Waals surface area contributed by atoms with Gasteiger partial charge in [0, 0.05) is 23.9 Å². The van der Waals surface area contributed by atoms with E-state index in [4.69, 9.17) is 0 Å². The maximum atomic E-state index is 12.7. The summed E-state index contributed by atoms with van der Waals surface area (Å²) in [4.78, 5) is 15.8. The summed E-state index contributed by atoms with van der Waals surface area (Å²) in [5.74, 6) is 0.763. The van der Waals surface area contributed by atoms with Gasteiger partial charge in [0.25, 0.3) is 0 Å². The molecule has 3 nitrogen and oxygen atoms in total. The summed E-state index contributed by atoms with van der Waals surface area (Å²) in [6.45, 7) is 1.48. The van der Waals surface area contributed by atoms with E-state index in [2.05, 4.69) is 0 Å². The van der Waals surface area contributed by atoms with Crippen LogP contribution in [0, 0.1) is 11.8 Å². The summed E-state index contributed by atoms with van der Waals surface area (Å²) < 4.78 is 0. The Morgan fingerprint density at radius 1 is 1.21 bits per heavy atom. The van der Waals surface area contributed by atoms with Crippen molar-refractivity contribution in [3.63, 3.8) is 0 Å². The average Bonchev–Trinajstić information content (AvgIpc) is 3.26. The molecule has 1 aromatic heterocycles. The summed E-state index contributed by atoms with van der Waals surface area (Å²) >= 11 is 1.64. The van der Waals surface area contributed by atoms with Crippen LogP contribution in [0.5, 0.6) is 0 Å². The third-order valence-corrected chi connectivity index (χ3v) is 6.60. The zero-order valence-corrected chi connectivity index (χ0v) is 14.5. The lowest BCUT2D eigenvalue weighted by Gasteiger charge is -2.41. The van der Waals surface area contributed by atoms with Crippen LogP contribution in [0.3, 0.4) is 0 Å². The van der Waals surface area contributed by atoms with Gasteiger partial charge in [0.05, 0.1) is 12.0 Å². The van der Waals surface area contributed by atoms with Crippen molar-refractivity contribution in [3.05, 3.63) is 58.3 Å². The highest BCUT2D eigenvalue weighted by molar-refractivity contribution is 7.10. The van der Waals surface area contributed by atoms with E-state index in [0.29, 0.717) is 18.9 Å². The molecule has 4 heteroatoms. The van der Waals surface area contributed by atoms with Crippen molar-refractivity contribution in [2.24, 2.45) is 11.8 Å². The van der Waals surface area contributed by atoms with Crippen molar-refractivity contribution in [2.75, 3.05) is 13.1 Å². The number of nitrogens with zero attached hydrogens (tertiary/aromatic N) is 1. The molecule has 1 aromatic carbocycles. The fourth-order valence-electron chi connectivity index (χ4n) is 4.49. The Kier molecular flexibility index (Phi) is 4.19. The lowest BCUT2D eigenvalue weighted by molar-refractivity contribution is -0.130. The molecule has 1 aliphatic heterocycles. The van der Waals surface area contributed by atoms with E-state index in [1.54, 1.807) is 11.3 Å². The van der Waals surface area contributed by atoms with Gasteiger partial charge in [0.15, 0.2) is 0 Å². The molecule has 126 valence electrons. The number of aliphatic hydroxyl groups is 1. The van der Waals surface area contributed by atoms with Crippen LogP contribution in [0.2, 0.25) is 0 Å². The minimum absolute atomic E-state index is 0.154. The molecule has 4 rings (SSSR count). The van der Waals surface area contributed by atoms with Gasteiger partial charge >= 0.3 is 0 Å². The van der Waals surface area contributed by atoms with Crippen LogP contribution in [-0.2, 0) is 16.8 Å². The van der Waals surface area contributed by atoms with E-state index in [1.807, 2.05) is 52.7 Å². The van der Waals surface area contributed by atoms with Gasteiger partial charge in [-0.2, -0.15) is 0 Å². The average molecular weight is 341 g/mol. The molecule has 1 N–H and O–H groups in total. The van der Waals surface area contributed by atoms with Gasteiger partial charge in [0.2, 0.25) is 5.91 Å². The zero-order chi connectivity index (χ0) is 16.6. The van der Waals surface area contributed by atoms with Crippen molar-refractivity contribution in [1.29, 1.82) is 0 Å². The van der Waals surface area contributed by atoms with Crippen LogP contribution < -0.4 is 0 Å². The molecule has 2 aliphatic rings. The van der Waals surface area contributed by atoms with Crippen molar-refractivity contribution >= 4 is 17.2 Å². The number of carbonyl (C=O) groups is 1. The molecule has 2 aromatic rings. The van der Waals surface area contributed by atoms with Gasteiger partial charge in [-0.15, -0.1) is 11.3 Å². The molecule has 3 atom stereocenters. The Balaban J connectivity index is 1.53. The maximum absolute atomic E-state index is 12.7. The first-order valence-electron chi connectivity index (χ1n) is 8.75. The van der Waals surface area contributed by atoms with E-state index in [1.165, 1.54) is 0 Å². The SMILES string of the molecule is O=C(Cc1cccs1)N1C[C@H]2CCC[C@](O)(c3ccccc3)[C@H]2C1. The monoisotopic (exact) mass is 341 g/mol. The largest absolute Gasteiger partial charge is 0.385 e. The summed E-state index contributed by atoms with van der Waals surface area (Å²) in [7, 11) is 0. The quantitative estimate of drug-likeness (QED) is 0.929. The van der Waals surface area contributed by atoms with Crippen LogP contribution in [0.4, 0.5) is 0 Å². The first kappa shape index (κ1) is 15.9. The van der Waals surface area contributed by atoms with E-state index in [0.717, 1.165) is 36.2 Å². The summed E-state index contributed by atoms with van der Waals surface area (Å²) in [5.41, 5.74) is 0.217. The van der Waals surface area contributed by atoms with Gasteiger partial charge in [0.1, 0.15) is 0 Å². The van der Waals surface area contributed by atoms with Gasteiger partial charge in [-0.05, 0) is 42.2 Å². The van der Waals surface area contributed by atoms with E-state index in [-0.39, 0.29) is 11.8 Å². The van der Waals surface area contributed by atoms with Crippen LogP contribution in [0.1, 0.15) is 29.7 Å². The number of benzene rings is 1. The number of carbonyl (C=O) groups excluding carboxylic acids is 1. The van der Waals surface area contributed by atoms with Crippen LogP contribution in [0.25, 0.3) is 0 Å². The minimum Gasteiger partial charge on any atom is -0.385 e. The van der Waals surface area contributed by atoms with Gasteiger partial charge in [-0.1, -0.05) is 36.4 Å². The third-order valence-electron chi connectivity index (χ3n) is 5.72. The predicted molar refractivity (Wildman–Crippen MR) is 95.8 cm³/mol. The second-order valence-electron chi connectivity index (χ2n) is 7.10. The number of hydrogen-bond donors (Lipinski definition) is 1. The Hall–Kier alpha value is -1.65. The van der Waals surface area contributed by atoms with Crippen molar-refractivity contribution in [1.82, 2.24) is 4.90 Å². The summed E-state index contributed by atoms with van der Waals surface area (Å²) in [6.07, 6.45) is 3.42. The predicted octanol–water partition coefficient (Wildman–Crippen LogP) is 3.44. The Morgan fingerprint density at radius 3 is 2.79 bits per heavy atom. The molecule has 0 spiro atoms. The molecule has 1 amide bonds. The standard InChI is InChI=1S/C20H23NO2S/c22-19(12-17-9-5-11-24-17)21-13-15-6-4-10-20(23,18(15)14-21)16-7-2-1-3-8-16/h1-3,5,7-9,11,15,18,23H,4,6,10,12-14H2/t15-,18+,20+/m1/s1. The number of hydrogen-bond acceptors (Lipinski definition) is 3. The van der Waals surface area contributed by atoms with Crippen LogP contribution in [-0.4, -0.2) is 29.0 Å². The molecule has 1 aliphatic carbocycles. The van der Waals surface area contributed by atoms with Crippen LogP contribution in [0.15, 0.2) is 47.8 Å². The Labute approximate surface area is 146 Å². The van der Waals surface area contributed by atoms with E-state index >= 15 is 0 Å². The Morgan fingerprint density at radius 2 is 2.04 bits per heavy atom. The Bertz CT molecular complexity index is 700. The van der Waals surface area contributed by atoms with Gasteiger partial charge < -0.3 is 10.0 Å². The number of likely N-dealkylation sites (tertiary alicyclic amines) is 1. The highest BCUT2D eigenvalue weighted by Gasteiger charge is 2.50. The molecule has 1 saturated heterocycles. The van der Waals surface area contributed by atoms with E-state index in [9.17, 15) is 9.90 Å². The summed E-state index contributed by atoms with van der Waals surface area (Å²) in [5, 5.41) is 13.4. The molecule has 24 heavy (non-hydrogen) atoms. The topological polar surface area (TPSA) is 40.5 Å². The number of thiophene rings is 1. The lowest BCUT2D eigenvalue weighted by Crippen LogP contribution is -2.43. The molecular weight excluding hydrogens is 318 g/mol. The fraction of sp³-hybridized carbons (Fsp3) is 0.450. The first-order valence-corrected chi connectivity index (χ1v) is 9.63. The molecule has 2 heterocycles. The van der Waals surface area contributed by atoms with Crippen molar-refractivity contribution in [2.45, 2.75) is 31.3 Å².